The molecular weight excluding hydrogens is 398 g/mol. The highest BCUT2D eigenvalue weighted by atomic mass is 16.2. The van der Waals surface area contributed by atoms with E-state index in [9.17, 15) is 9.59 Å². The van der Waals surface area contributed by atoms with Crippen molar-refractivity contribution < 1.29 is 9.59 Å². The maximum Gasteiger partial charge on any atom is 0.251 e. The number of nitrogens with one attached hydrogen (secondary N) is 2. The highest BCUT2D eigenvalue weighted by Gasteiger charge is 2.19. The molecule has 1 atom stereocenters. The number of hydrogen-bond donors (Lipinski definition) is 2. The van der Waals surface area contributed by atoms with E-state index < -0.39 is 6.04 Å². The molecule has 0 bridgehead atoms. The fourth-order valence-corrected chi connectivity index (χ4v) is 3.54. The molecule has 0 heterocycles. The lowest BCUT2D eigenvalue weighted by molar-refractivity contribution is -0.121. The minimum absolute atomic E-state index is 0.0649. The third kappa shape index (κ3) is 5.26. The predicted octanol–water partition coefficient (Wildman–Crippen LogP) is 4.85. The van der Waals surface area contributed by atoms with Gasteiger partial charge in [-0.3, -0.25) is 9.59 Å². The van der Waals surface area contributed by atoms with Crippen molar-refractivity contribution in [3.63, 3.8) is 0 Å². The number of amides is 2. The van der Waals surface area contributed by atoms with Crippen molar-refractivity contribution in [1.29, 1.82) is 0 Å². The molecule has 4 aromatic carbocycles. The van der Waals surface area contributed by atoms with Crippen molar-refractivity contribution >= 4 is 28.8 Å². The summed E-state index contributed by atoms with van der Waals surface area (Å²) in [6.45, 7) is 0. The Morgan fingerprint density at radius 3 is 2.22 bits per heavy atom. The van der Waals surface area contributed by atoms with Gasteiger partial charge in [-0.1, -0.05) is 91.0 Å². The molecule has 0 radical (unpaired) electrons. The molecule has 0 saturated heterocycles. The molecular formula is C27H23N3O2. The van der Waals surface area contributed by atoms with E-state index in [1.807, 2.05) is 78.9 Å². The molecule has 0 aliphatic rings. The van der Waals surface area contributed by atoms with Gasteiger partial charge in [-0.25, -0.2) is 5.43 Å². The first-order valence-electron chi connectivity index (χ1n) is 10.4. The van der Waals surface area contributed by atoms with Gasteiger partial charge in [0.25, 0.3) is 5.91 Å². The Labute approximate surface area is 186 Å². The van der Waals surface area contributed by atoms with Crippen LogP contribution in [0.3, 0.4) is 0 Å². The van der Waals surface area contributed by atoms with Crippen LogP contribution >= 0.6 is 0 Å². The number of carbonyl (C=O) groups is 2. The molecule has 5 nitrogen and oxygen atoms in total. The average Bonchev–Trinajstić information content (AvgIpc) is 2.85. The molecule has 0 aromatic heterocycles. The van der Waals surface area contributed by atoms with E-state index >= 15 is 0 Å². The summed E-state index contributed by atoms with van der Waals surface area (Å²) < 4.78 is 0. The van der Waals surface area contributed by atoms with Crippen LogP contribution in [0.4, 0.5) is 0 Å². The minimum Gasteiger partial charge on any atom is -0.345 e. The number of nitrogens with zero attached hydrogens (tertiary/aromatic N) is 1. The van der Waals surface area contributed by atoms with Gasteiger partial charge in [0.2, 0.25) is 5.91 Å². The summed E-state index contributed by atoms with van der Waals surface area (Å²) in [4.78, 5) is 25.3. The maximum absolute atomic E-state index is 12.7. The Morgan fingerprint density at radius 1 is 0.781 bits per heavy atom. The first kappa shape index (κ1) is 21.0. The van der Waals surface area contributed by atoms with Crippen LogP contribution < -0.4 is 10.7 Å². The number of fused-ring (bicyclic) bond motifs is 1. The number of hydrogen-bond acceptors (Lipinski definition) is 3. The molecule has 0 aliphatic heterocycles. The first-order valence-corrected chi connectivity index (χ1v) is 10.4. The third-order valence-corrected chi connectivity index (χ3v) is 5.15. The summed E-state index contributed by atoms with van der Waals surface area (Å²) in [5.74, 6) is -0.518. The maximum atomic E-state index is 12.7. The number of benzene rings is 4. The number of carbonyl (C=O) groups excluding carboxylic acids is 2. The second-order valence-corrected chi connectivity index (χ2v) is 7.37. The molecule has 0 saturated carbocycles. The molecule has 2 amide bonds. The SMILES string of the molecule is O=C(C[C@@H](NC(=O)c1ccccc1)c1ccccc1)N/N=C\c1cccc2ccccc12. The van der Waals surface area contributed by atoms with Crippen molar-refractivity contribution in [3.8, 4) is 0 Å². The molecule has 2 N–H and O–H groups in total. The van der Waals surface area contributed by atoms with Crippen molar-refractivity contribution in [2.45, 2.75) is 12.5 Å². The molecule has 0 fully saturated rings. The van der Waals surface area contributed by atoms with Crippen LogP contribution in [-0.4, -0.2) is 18.0 Å². The van der Waals surface area contributed by atoms with Gasteiger partial charge in [-0.05, 0) is 28.5 Å². The van der Waals surface area contributed by atoms with Crippen molar-refractivity contribution in [2.24, 2.45) is 5.10 Å². The number of hydrazone groups is 1. The van der Waals surface area contributed by atoms with Crippen molar-refractivity contribution in [2.75, 3.05) is 0 Å². The van der Waals surface area contributed by atoms with Crippen molar-refractivity contribution in [3.05, 3.63) is 120 Å². The Balaban J connectivity index is 1.45. The van der Waals surface area contributed by atoms with Gasteiger partial charge in [-0.2, -0.15) is 5.10 Å². The van der Waals surface area contributed by atoms with Gasteiger partial charge in [0.1, 0.15) is 0 Å². The standard InChI is InChI=1S/C27H23N3O2/c31-26(30-28-19-23-16-9-15-20-10-7-8-17-24(20)23)18-25(21-11-3-1-4-12-21)29-27(32)22-13-5-2-6-14-22/h1-17,19,25H,18H2,(H,29,32)(H,30,31)/b28-19-/t25-/m1/s1. The van der Waals surface area contributed by atoms with Gasteiger partial charge in [0, 0.05) is 11.1 Å². The Kier molecular flexibility index (Phi) is 6.68. The molecule has 5 heteroatoms. The van der Waals surface area contributed by atoms with Crippen molar-refractivity contribution in [1.82, 2.24) is 10.7 Å². The summed E-state index contributed by atoms with van der Waals surface area (Å²) in [7, 11) is 0. The normalized spacial score (nSPS) is 11.9. The molecule has 4 aromatic rings. The third-order valence-electron chi connectivity index (χ3n) is 5.15. The first-order chi connectivity index (χ1) is 15.7. The fraction of sp³-hybridized carbons (Fsp3) is 0.0741. The Bertz CT molecular complexity index is 1230. The van der Waals surface area contributed by atoms with Crippen LogP contribution in [0.5, 0.6) is 0 Å². The van der Waals surface area contributed by atoms with E-state index in [-0.39, 0.29) is 18.2 Å². The lowest BCUT2D eigenvalue weighted by atomic mass is 10.0. The fourth-order valence-electron chi connectivity index (χ4n) is 3.54. The quantitative estimate of drug-likeness (QED) is 0.331. The zero-order valence-corrected chi connectivity index (χ0v) is 17.4. The largest absolute Gasteiger partial charge is 0.345 e. The van der Waals surface area contributed by atoms with Crippen LogP contribution in [-0.2, 0) is 4.79 Å². The van der Waals surface area contributed by atoms with Gasteiger partial charge in [0.15, 0.2) is 0 Å². The Morgan fingerprint density at radius 2 is 1.44 bits per heavy atom. The van der Waals surface area contributed by atoms with E-state index in [1.165, 1.54) is 0 Å². The second kappa shape index (κ2) is 10.2. The highest BCUT2D eigenvalue weighted by molar-refractivity contribution is 6.00. The van der Waals surface area contributed by atoms with Crippen LogP contribution in [0.25, 0.3) is 10.8 Å². The predicted molar refractivity (Wildman–Crippen MR) is 127 cm³/mol. The minimum atomic E-state index is -0.475. The van der Waals surface area contributed by atoms with Gasteiger partial charge in [-0.15, -0.1) is 0 Å². The average molecular weight is 422 g/mol. The van der Waals surface area contributed by atoms with Crippen LogP contribution in [0.2, 0.25) is 0 Å². The lowest BCUT2D eigenvalue weighted by Crippen LogP contribution is -2.32. The summed E-state index contributed by atoms with van der Waals surface area (Å²) in [5, 5.41) is 9.27. The topological polar surface area (TPSA) is 70.6 Å². The summed E-state index contributed by atoms with van der Waals surface area (Å²) in [6, 6.07) is 31.9. The zero-order valence-electron chi connectivity index (χ0n) is 17.4. The molecule has 32 heavy (non-hydrogen) atoms. The monoisotopic (exact) mass is 421 g/mol. The second-order valence-electron chi connectivity index (χ2n) is 7.37. The van der Waals surface area contributed by atoms with E-state index in [4.69, 9.17) is 0 Å². The molecule has 0 aliphatic carbocycles. The van der Waals surface area contributed by atoms with Gasteiger partial charge >= 0.3 is 0 Å². The van der Waals surface area contributed by atoms with E-state index in [2.05, 4.69) is 15.8 Å². The van der Waals surface area contributed by atoms with E-state index in [1.54, 1.807) is 30.5 Å². The smallest absolute Gasteiger partial charge is 0.251 e. The number of rotatable bonds is 7. The zero-order chi connectivity index (χ0) is 22.2. The molecule has 4 rings (SSSR count). The molecule has 0 unspecified atom stereocenters. The van der Waals surface area contributed by atoms with E-state index in [0.29, 0.717) is 5.56 Å². The van der Waals surface area contributed by atoms with Crippen LogP contribution in [0, 0.1) is 0 Å². The molecule has 0 spiro atoms. The Hall–Kier alpha value is -4.25. The highest BCUT2D eigenvalue weighted by Crippen LogP contribution is 2.18. The summed E-state index contributed by atoms with van der Waals surface area (Å²) in [5.41, 5.74) is 4.90. The molecule has 158 valence electrons. The summed E-state index contributed by atoms with van der Waals surface area (Å²) in [6.07, 6.45) is 1.70. The van der Waals surface area contributed by atoms with Crippen LogP contribution in [0.15, 0.2) is 108 Å². The van der Waals surface area contributed by atoms with Crippen LogP contribution in [0.1, 0.15) is 33.9 Å². The lowest BCUT2D eigenvalue weighted by Gasteiger charge is -2.18. The van der Waals surface area contributed by atoms with Gasteiger partial charge < -0.3 is 5.32 Å². The van der Waals surface area contributed by atoms with Gasteiger partial charge in [0.05, 0.1) is 18.7 Å². The van der Waals surface area contributed by atoms with E-state index in [0.717, 1.165) is 21.9 Å². The summed E-state index contributed by atoms with van der Waals surface area (Å²) >= 11 is 0.